The van der Waals surface area contributed by atoms with E-state index in [-0.39, 0.29) is 37.1 Å². The first-order valence-corrected chi connectivity index (χ1v) is 21.2. The number of carbonyl (C=O) groups is 2. The first-order chi connectivity index (χ1) is 30.9. The number of rotatable bonds is 18. The fourth-order valence-corrected chi connectivity index (χ4v) is 8.69. The standard InChI is InChI=1S/C49H51N5O9/c1-57-14-15-61-17-16-60-13-12-50-35-19-31(29-62-46-25-40-38(23-44(46)58-2)48(55)53-36(27-51-40)21-33-8-4-6-10-42(33)53)18-32(20-35)30-63-47-26-41-39(24-45(47)59-3)49(56)54-37(28-52-41)22-34-9-5-7-11-43(34)54/h4-11,18-20,23-27,36-37,50,52H,12-17,21-22,28-30H2,1-3H3/t36-,37-/m0/s1. The highest BCUT2D eigenvalue weighted by atomic mass is 16.5. The number of nitrogens with one attached hydrogen (secondary N) is 2. The number of para-hydroxylation sites is 2. The maximum atomic E-state index is 14.0. The van der Waals surface area contributed by atoms with Crippen LogP contribution in [0.2, 0.25) is 0 Å². The molecule has 9 rings (SSSR count). The summed E-state index contributed by atoms with van der Waals surface area (Å²) in [6, 6.07) is 29.0. The van der Waals surface area contributed by atoms with Crippen molar-refractivity contribution in [2.45, 2.75) is 38.1 Å². The fourth-order valence-electron chi connectivity index (χ4n) is 8.69. The molecule has 0 fully saturated rings. The molecule has 4 aliphatic heterocycles. The largest absolute Gasteiger partial charge is 0.493 e. The summed E-state index contributed by atoms with van der Waals surface area (Å²) in [7, 11) is 4.78. The molecule has 0 bridgehead atoms. The predicted molar refractivity (Wildman–Crippen MR) is 241 cm³/mol. The van der Waals surface area contributed by atoms with Crippen molar-refractivity contribution in [3.8, 4) is 23.0 Å². The van der Waals surface area contributed by atoms with Crippen LogP contribution in [0, 0.1) is 0 Å². The first kappa shape index (κ1) is 41.7. The Balaban J connectivity index is 0.929. The number of anilines is 4. The molecule has 0 unspecified atom stereocenters. The van der Waals surface area contributed by atoms with Gasteiger partial charge in [0.25, 0.3) is 11.8 Å². The zero-order valence-corrected chi connectivity index (χ0v) is 35.7. The summed E-state index contributed by atoms with van der Waals surface area (Å²) in [5.74, 6) is 1.64. The Morgan fingerprint density at radius 2 is 1.29 bits per heavy atom. The average Bonchev–Trinajstić information content (AvgIpc) is 3.80. The molecule has 0 radical (unpaired) electrons. The van der Waals surface area contributed by atoms with Crippen molar-refractivity contribution in [1.29, 1.82) is 0 Å². The van der Waals surface area contributed by atoms with Gasteiger partial charge in [0.2, 0.25) is 0 Å². The number of nitrogens with zero attached hydrogens (tertiary/aromatic N) is 3. The minimum Gasteiger partial charge on any atom is -0.493 e. The lowest BCUT2D eigenvalue weighted by Gasteiger charge is -2.22. The van der Waals surface area contributed by atoms with Gasteiger partial charge < -0.3 is 48.7 Å². The molecule has 2 N–H and O–H groups in total. The smallest absolute Gasteiger partial charge is 0.261 e. The van der Waals surface area contributed by atoms with Crippen molar-refractivity contribution in [2.75, 3.05) is 87.9 Å². The molecule has 0 spiro atoms. The number of hydrogen-bond donors (Lipinski definition) is 2. The van der Waals surface area contributed by atoms with Gasteiger partial charge >= 0.3 is 0 Å². The van der Waals surface area contributed by atoms with Gasteiger partial charge in [-0.1, -0.05) is 36.4 Å². The number of fused-ring (bicyclic) bond motifs is 8. The minimum absolute atomic E-state index is 0.00466. The van der Waals surface area contributed by atoms with Gasteiger partial charge in [-0.25, -0.2) is 0 Å². The number of carbonyl (C=O) groups excluding carboxylic acids is 2. The highest BCUT2D eigenvalue weighted by Gasteiger charge is 2.38. The lowest BCUT2D eigenvalue weighted by atomic mass is 10.1. The molecular weight excluding hydrogens is 803 g/mol. The molecule has 4 aliphatic rings. The Morgan fingerprint density at radius 3 is 2.00 bits per heavy atom. The van der Waals surface area contributed by atoms with Crippen molar-refractivity contribution in [2.24, 2.45) is 4.99 Å². The summed E-state index contributed by atoms with van der Waals surface area (Å²) < 4.78 is 40.8. The third-order valence-electron chi connectivity index (χ3n) is 11.7. The molecule has 2 amide bonds. The second-order valence-corrected chi connectivity index (χ2v) is 15.7. The molecule has 5 aromatic carbocycles. The van der Waals surface area contributed by atoms with Crippen molar-refractivity contribution >= 4 is 46.5 Å². The summed E-state index contributed by atoms with van der Waals surface area (Å²) in [6.07, 6.45) is 3.33. The third-order valence-corrected chi connectivity index (χ3v) is 11.7. The normalized spacial score (nSPS) is 16.7. The van der Waals surface area contributed by atoms with E-state index in [2.05, 4.69) is 22.8 Å². The van der Waals surface area contributed by atoms with Crippen LogP contribution in [0.25, 0.3) is 0 Å². The maximum Gasteiger partial charge on any atom is 0.261 e. The number of methoxy groups -OCH3 is 3. The monoisotopic (exact) mass is 853 g/mol. The highest BCUT2D eigenvalue weighted by Crippen LogP contribution is 2.43. The van der Waals surface area contributed by atoms with E-state index in [1.807, 2.05) is 76.7 Å². The first-order valence-electron chi connectivity index (χ1n) is 21.2. The zero-order chi connectivity index (χ0) is 43.3. The van der Waals surface area contributed by atoms with E-state index in [0.717, 1.165) is 40.2 Å². The van der Waals surface area contributed by atoms with Crippen LogP contribution in [0.5, 0.6) is 23.0 Å². The number of ether oxygens (including phenoxy) is 7. The molecule has 0 aromatic heterocycles. The Labute approximate surface area is 366 Å². The van der Waals surface area contributed by atoms with Crippen LogP contribution in [-0.2, 0) is 40.3 Å². The van der Waals surface area contributed by atoms with Gasteiger partial charge in [-0.3, -0.25) is 19.5 Å². The van der Waals surface area contributed by atoms with Crippen molar-refractivity contribution in [3.05, 3.63) is 124 Å². The molecule has 2 atom stereocenters. The van der Waals surface area contributed by atoms with E-state index in [1.165, 1.54) is 5.56 Å². The Hall–Kier alpha value is -6.61. The summed E-state index contributed by atoms with van der Waals surface area (Å²) in [5.41, 5.74) is 8.91. The van der Waals surface area contributed by atoms with Crippen molar-refractivity contribution < 1.29 is 42.7 Å². The SMILES string of the molecule is COCCOCCOCCNc1cc(COc2cc3c(cc2OC)C(=O)N2c4ccccc4C[C@H]2C=N3)cc(COc2cc3c(cc2OC)C(=O)N2c4ccccc4C[C@H]2CN3)c1. The van der Waals surface area contributed by atoms with Gasteiger partial charge in [0, 0.05) is 62.0 Å². The lowest BCUT2D eigenvalue weighted by molar-refractivity contribution is 0.0272. The van der Waals surface area contributed by atoms with Gasteiger partial charge in [-0.15, -0.1) is 0 Å². The second kappa shape index (κ2) is 18.8. The molecule has 326 valence electrons. The topological polar surface area (TPSA) is 142 Å². The average molecular weight is 854 g/mol. The quantitative estimate of drug-likeness (QED) is 0.0863. The van der Waals surface area contributed by atoms with Crippen molar-refractivity contribution in [3.63, 3.8) is 0 Å². The van der Waals surface area contributed by atoms with E-state index in [9.17, 15) is 9.59 Å². The Morgan fingerprint density at radius 1 is 0.667 bits per heavy atom. The van der Waals surface area contributed by atoms with Crippen LogP contribution in [0.4, 0.5) is 28.4 Å². The van der Waals surface area contributed by atoms with Gasteiger partial charge in [-0.2, -0.15) is 0 Å². The number of aliphatic imine (C=N–C) groups is 1. The second-order valence-electron chi connectivity index (χ2n) is 15.7. The summed E-state index contributed by atoms with van der Waals surface area (Å²) >= 11 is 0. The van der Waals surface area contributed by atoms with Crippen molar-refractivity contribution in [1.82, 2.24) is 0 Å². The van der Waals surface area contributed by atoms with Gasteiger partial charge in [-0.05, 0) is 71.1 Å². The molecule has 5 aromatic rings. The molecule has 14 heteroatoms. The number of benzene rings is 5. The molecular formula is C49H51N5O9. The fraction of sp³-hybridized carbons (Fsp3) is 0.327. The maximum absolute atomic E-state index is 14.0. The third kappa shape index (κ3) is 8.74. The zero-order valence-electron chi connectivity index (χ0n) is 35.7. The van der Waals surface area contributed by atoms with E-state index in [1.54, 1.807) is 39.5 Å². The molecule has 4 heterocycles. The lowest BCUT2D eigenvalue weighted by Crippen LogP contribution is -2.39. The van der Waals surface area contributed by atoms with E-state index in [0.29, 0.717) is 98.0 Å². The van der Waals surface area contributed by atoms with Crippen LogP contribution in [0.3, 0.4) is 0 Å². The van der Waals surface area contributed by atoms with Gasteiger partial charge in [0.15, 0.2) is 23.0 Å². The minimum atomic E-state index is -0.173. The number of hydrogen-bond acceptors (Lipinski definition) is 12. The predicted octanol–water partition coefficient (Wildman–Crippen LogP) is 7.24. The molecule has 0 saturated heterocycles. The van der Waals surface area contributed by atoms with Crippen LogP contribution in [-0.4, -0.2) is 97.6 Å². The van der Waals surface area contributed by atoms with Crippen LogP contribution in [0.1, 0.15) is 43.0 Å². The Kier molecular flexibility index (Phi) is 12.4. The Bertz CT molecular complexity index is 2530. The molecule has 0 saturated carbocycles. The summed E-state index contributed by atoms with van der Waals surface area (Å²) in [4.78, 5) is 36.5. The van der Waals surface area contributed by atoms with E-state index < -0.39 is 0 Å². The van der Waals surface area contributed by atoms with Gasteiger partial charge in [0.1, 0.15) is 13.2 Å². The summed E-state index contributed by atoms with van der Waals surface area (Å²) in [6.45, 7) is 4.02. The molecule has 63 heavy (non-hydrogen) atoms. The van der Waals surface area contributed by atoms with Crippen LogP contribution >= 0.6 is 0 Å². The summed E-state index contributed by atoms with van der Waals surface area (Å²) in [5, 5.41) is 6.99. The van der Waals surface area contributed by atoms with E-state index >= 15 is 0 Å². The van der Waals surface area contributed by atoms with Crippen LogP contribution < -0.4 is 39.4 Å². The number of amides is 2. The molecule has 14 nitrogen and oxygen atoms in total. The molecule has 0 aliphatic carbocycles. The van der Waals surface area contributed by atoms with E-state index in [4.69, 9.17) is 38.2 Å². The van der Waals surface area contributed by atoms with Crippen LogP contribution in [0.15, 0.2) is 96.0 Å². The highest BCUT2D eigenvalue weighted by molar-refractivity contribution is 6.15. The van der Waals surface area contributed by atoms with Gasteiger partial charge in [0.05, 0.1) is 81.8 Å².